The molecule has 5 aliphatic heterocycles. The largest absolute Gasteiger partial charge is 0.472 e. The van der Waals surface area contributed by atoms with Crippen LogP contribution in [0.1, 0.15) is 79.9 Å². The Bertz CT molecular complexity index is 5030. The van der Waals surface area contributed by atoms with Crippen LogP contribution in [0.5, 0.6) is 0 Å². The minimum absolute atomic E-state index is 0.00362. The maximum Gasteiger partial charge on any atom is 0.472 e. The normalized spacial score (nSPS) is 29.3. The van der Waals surface area contributed by atoms with E-state index >= 15 is 0 Å². The Morgan fingerprint density at radius 2 is 0.733 bits per heavy atom. The van der Waals surface area contributed by atoms with Crippen LogP contribution in [0.25, 0.3) is 22.3 Å². The number of aliphatic hydroxyl groups is 2. The number of phosphoric ester groups is 4. The first kappa shape index (κ1) is 73.3. The van der Waals surface area contributed by atoms with Gasteiger partial charge in [-0.1, -0.05) is 0 Å². The van der Waals surface area contributed by atoms with Crippen LogP contribution in [0, 0.1) is 20.8 Å². The molecule has 0 aliphatic carbocycles. The summed E-state index contributed by atoms with van der Waals surface area (Å²) in [7, 11) is -21.8. The Kier molecular flexibility index (Phi) is 20.8. The van der Waals surface area contributed by atoms with Gasteiger partial charge in [0, 0.05) is 67.4 Å². The van der Waals surface area contributed by atoms with E-state index in [0.717, 1.165) is 32.3 Å². The van der Waals surface area contributed by atoms with Crippen molar-refractivity contribution in [2.45, 2.75) is 145 Å². The Balaban J connectivity index is 0.732. The molecule has 7 aromatic heterocycles. The number of hydrogen-bond donors (Lipinski definition) is 13. The number of aromatic nitrogens is 14. The molecule has 15 N–H and O–H groups in total. The highest BCUT2D eigenvalue weighted by atomic mass is 31.2. The molecule has 5 aliphatic rings. The quantitative estimate of drug-likeness (QED) is 0.0237. The van der Waals surface area contributed by atoms with Crippen molar-refractivity contribution in [2.75, 3.05) is 44.5 Å². The van der Waals surface area contributed by atoms with Crippen LogP contribution in [-0.4, -0.2) is 192 Å². The van der Waals surface area contributed by atoms with Gasteiger partial charge in [0.05, 0.1) is 51.8 Å². The summed E-state index contributed by atoms with van der Waals surface area (Å²) in [6, 6.07) is 0. The average Bonchev–Trinajstić information content (AvgIpc) is 1.61. The number of fused-ring (bicyclic) bond motifs is 2. The van der Waals surface area contributed by atoms with Gasteiger partial charge in [0.25, 0.3) is 27.8 Å². The van der Waals surface area contributed by atoms with Gasteiger partial charge in [0.15, 0.2) is 22.3 Å². The summed E-state index contributed by atoms with van der Waals surface area (Å²) >= 11 is 0. The monoisotopic (exact) mass is 1510 g/mol. The van der Waals surface area contributed by atoms with E-state index in [-0.39, 0.29) is 63.8 Å². The van der Waals surface area contributed by atoms with Crippen LogP contribution < -0.4 is 56.3 Å². The van der Waals surface area contributed by atoms with Gasteiger partial charge in [-0.25, -0.2) is 42.6 Å². The van der Waals surface area contributed by atoms with Gasteiger partial charge < -0.3 is 64.9 Å². The standard InChI is InChI=1S/C50H64N16O31P4/c1-19-9-62(48(74)59-41(19)69)33-6-24(95-98(77,78)85-13-28-22(68)4-32(90-28)65-17-53-37-39(65)55-46(51)57-44(37)72)30(92-33)15-87-100(81,82)97-26-8-35(64-11-21(3)43(71)61-50(64)76)93-31(26)16-88-101(83,84)96-25-7-34(63-10-20(2)42(70)60-49(63)75)91-29(25)14-86-99(79,80)94-23-5-36(89-27(23)12-67)66-18-54-38-40(66)56-47(52)58-45(38)73/h9-11,17-18,22-36,67-68H,4-8,12-16H2,1-3H3,(H,77,78)(H,79,80)(H,81,82)(H,83,84)(H,59,69,74)(H,60,70,75)(H,61,71,76)(H3,51,55,57,72)(H3,52,56,58,73)/t22-,23-,24-,25-,26-,27+,28+,29+,30+,31+,32+,33+,34+,35+,36+/m0/s1. The first-order valence-electron chi connectivity index (χ1n) is 30.2. The second-order valence-electron chi connectivity index (χ2n) is 23.7. The van der Waals surface area contributed by atoms with E-state index < -0.39 is 221 Å². The molecular formula is C50H64N16O31P4. The van der Waals surface area contributed by atoms with Crippen molar-refractivity contribution in [1.82, 2.24) is 67.7 Å². The molecule has 5 fully saturated rings. The van der Waals surface area contributed by atoms with Gasteiger partial charge in [-0.15, -0.1) is 0 Å². The van der Waals surface area contributed by atoms with E-state index in [0.29, 0.717) is 0 Å². The molecule has 0 spiro atoms. The number of nitrogens with two attached hydrogens (primary N) is 2. The summed E-state index contributed by atoms with van der Waals surface area (Å²) < 4.78 is 134. The fourth-order valence-corrected chi connectivity index (χ4v) is 15.6. The van der Waals surface area contributed by atoms with Crippen LogP contribution in [-0.2, 0) is 78.1 Å². The molecule has 5 saturated heterocycles. The third kappa shape index (κ3) is 16.2. The highest BCUT2D eigenvalue weighted by Crippen LogP contribution is 2.55. The number of ether oxygens (including phenoxy) is 5. The molecule has 0 aromatic carbocycles. The van der Waals surface area contributed by atoms with Crippen LogP contribution in [0.4, 0.5) is 11.9 Å². The van der Waals surface area contributed by atoms with Crippen molar-refractivity contribution in [3.63, 3.8) is 0 Å². The van der Waals surface area contributed by atoms with Crippen molar-refractivity contribution in [2.24, 2.45) is 0 Å². The second kappa shape index (κ2) is 28.6. The van der Waals surface area contributed by atoms with Gasteiger partial charge in [0.1, 0.15) is 86.1 Å². The highest BCUT2D eigenvalue weighted by Gasteiger charge is 2.50. The van der Waals surface area contributed by atoms with Crippen LogP contribution in [0.15, 0.2) is 69.6 Å². The topological polar surface area (TPSA) is 653 Å². The molecule has 51 heteroatoms. The number of H-pyrrole nitrogens is 5. The number of nitrogens with one attached hydrogen (secondary N) is 5. The molecule has 0 bridgehead atoms. The van der Waals surface area contributed by atoms with Crippen molar-refractivity contribution in [3.8, 4) is 0 Å². The van der Waals surface area contributed by atoms with Crippen molar-refractivity contribution >= 4 is 65.5 Å². The maximum absolute atomic E-state index is 14.1. The summed E-state index contributed by atoms with van der Waals surface area (Å²) in [4.78, 5) is 173. The zero-order valence-electron chi connectivity index (χ0n) is 52.5. The highest BCUT2D eigenvalue weighted by molar-refractivity contribution is 7.48. The number of nitrogens with zero attached hydrogens (tertiary/aromatic N) is 9. The molecule has 0 radical (unpaired) electrons. The summed E-state index contributed by atoms with van der Waals surface area (Å²) in [5.41, 5.74) is 4.29. The lowest BCUT2D eigenvalue weighted by atomic mass is 10.2. The number of anilines is 2. The van der Waals surface area contributed by atoms with Gasteiger partial charge in [-0.2, -0.15) is 9.97 Å². The smallest absolute Gasteiger partial charge is 0.394 e. The Morgan fingerprint density at radius 3 is 1.07 bits per heavy atom. The first-order valence-corrected chi connectivity index (χ1v) is 36.2. The lowest BCUT2D eigenvalue weighted by Gasteiger charge is -2.25. The van der Waals surface area contributed by atoms with E-state index in [1.165, 1.54) is 42.6 Å². The number of phosphoric acid groups is 4. The first-order chi connectivity index (χ1) is 47.6. The fraction of sp³-hybridized carbons (Fsp3) is 0.560. The summed E-state index contributed by atoms with van der Waals surface area (Å²) in [6.07, 6.45) is -18.9. The maximum atomic E-state index is 14.1. The van der Waals surface area contributed by atoms with Crippen LogP contribution in [0.2, 0.25) is 0 Å². The molecular weight excluding hydrogens is 1440 g/mol. The summed E-state index contributed by atoms with van der Waals surface area (Å²) in [6.45, 7) is -0.841. The van der Waals surface area contributed by atoms with E-state index in [1.807, 2.05) is 0 Å². The molecule has 0 saturated carbocycles. The molecule has 550 valence electrons. The number of aliphatic hydroxyl groups excluding tert-OH is 2. The zero-order chi connectivity index (χ0) is 72.5. The van der Waals surface area contributed by atoms with E-state index in [2.05, 4.69) is 44.9 Å². The number of imidazole rings is 2. The molecule has 12 rings (SSSR count). The predicted octanol–water partition coefficient (Wildman–Crippen LogP) is -3.21. The van der Waals surface area contributed by atoms with Gasteiger partial charge in [-0.05, 0) is 20.8 Å². The Labute approximate surface area is 560 Å². The molecule has 7 aromatic rings. The van der Waals surface area contributed by atoms with Gasteiger partial charge in [-0.3, -0.25) is 108 Å². The lowest BCUT2D eigenvalue weighted by Crippen LogP contribution is -2.33. The molecule has 19 atom stereocenters. The molecule has 4 unspecified atom stereocenters. The molecule has 47 nitrogen and oxygen atoms in total. The Morgan fingerprint density at radius 1 is 0.446 bits per heavy atom. The van der Waals surface area contributed by atoms with Crippen molar-refractivity contribution in [3.05, 3.63) is 131 Å². The number of hydrogen-bond acceptors (Lipinski definition) is 33. The van der Waals surface area contributed by atoms with Gasteiger partial charge >= 0.3 is 48.4 Å². The van der Waals surface area contributed by atoms with Crippen molar-refractivity contribution in [1.29, 1.82) is 0 Å². The SMILES string of the molecule is Cc1cn([C@H]2C[C@H](OP(=O)(O)OC[C@H]3O[C@@H](n4cc(C)c(=O)[nH]c4=O)C[C@@H]3OP(=O)(O)OC[C@H]3O[C@@H](n4cnc5c(=O)[nH]c(N)nc54)C[C@@H]3O)[C@@H](COP(=O)(O)O[C@H]3C[C@H](n4cc(C)c(=O)[nH]c4=O)O[C@@H]3COP(=O)(O)O[C@H]3C[C@H](n4cnc5c(=O)[nH]c(N)nc54)O[C@@H]3CO)O2)c(=O)[nH]c1=O. The van der Waals surface area contributed by atoms with Crippen molar-refractivity contribution < 1.29 is 108 Å². The third-order valence-corrected chi connectivity index (χ3v) is 20.7. The summed E-state index contributed by atoms with van der Waals surface area (Å²) in [5.74, 6) is -0.519. The van der Waals surface area contributed by atoms with E-state index in [4.69, 9.17) is 71.3 Å². The fourth-order valence-electron chi connectivity index (χ4n) is 11.8. The Hall–Kier alpha value is -7.50. The van der Waals surface area contributed by atoms with Crippen LogP contribution in [0.3, 0.4) is 0 Å². The van der Waals surface area contributed by atoms with Gasteiger partial charge in [0.2, 0.25) is 11.9 Å². The second-order valence-corrected chi connectivity index (χ2v) is 29.3. The molecule has 101 heavy (non-hydrogen) atoms. The van der Waals surface area contributed by atoms with Crippen LogP contribution >= 0.6 is 31.3 Å². The van der Waals surface area contributed by atoms with E-state index in [1.54, 1.807) is 0 Å². The number of nitrogen functional groups attached to an aromatic ring is 2. The average molecular weight is 1510 g/mol. The minimum Gasteiger partial charge on any atom is -0.394 e. The number of aromatic amines is 5. The van der Waals surface area contributed by atoms with E-state index in [9.17, 15) is 86.4 Å². The summed E-state index contributed by atoms with van der Waals surface area (Å²) in [5, 5.41) is 21.1. The zero-order valence-corrected chi connectivity index (χ0v) is 56.1. The number of rotatable bonds is 26. The molecule has 0 amide bonds. The molecule has 12 heterocycles. The predicted molar refractivity (Wildman–Crippen MR) is 332 cm³/mol. The third-order valence-electron chi connectivity index (χ3n) is 16.7. The lowest BCUT2D eigenvalue weighted by molar-refractivity contribution is -0.0648. The minimum atomic E-state index is -5.58. The number of aryl methyl sites for hydroxylation is 3.